The maximum absolute atomic E-state index is 5.62. The van der Waals surface area contributed by atoms with Gasteiger partial charge in [-0.05, 0) is 37.5 Å². The van der Waals surface area contributed by atoms with Crippen LogP contribution in [0.2, 0.25) is 0 Å². The Hall–Kier alpha value is -0.0400. The molecular formula is C14H30O. The lowest BCUT2D eigenvalue weighted by molar-refractivity contribution is 0.120. The largest absolute Gasteiger partial charge is 0.381 e. The van der Waals surface area contributed by atoms with Gasteiger partial charge in [0.05, 0.1) is 0 Å². The molecule has 0 heterocycles. The molecule has 0 saturated carbocycles. The minimum absolute atomic E-state index is 0.869. The van der Waals surface area contributed by atoms with Gasteiger partial charge in [-0.2, -0.15) is 0 Å². The summed E-state index contributed by atoms with van der Waals surface area (Å²) in [5, 5.41) is 0. The zero-order valence-electron chi connectivity index (χ0n) is 11.2. The maximum atomic E-state index is 5.62. The molecule has 0 aliphatic heterocycles. The van der Waals surface area contributed by atoms with Crippen molar-refractivity contribution in [2.75, 3.05) is 13.2 Å². The van der Waals surface area contributed by atoms with Gasteiger partial charge in [0.1, 0.15) is 0 Å². The van der Waals surface area contributed by atoms with Gasteiger partial charge in [0.15, 0.2) is 0 Å². The van der Waals surface area contributed by atoms with E-state index in [0.717, 1.165) is 25.0 Å². The summed E-state index contributed by atoms with van der Waals surface area (Å²) in [7, 11) is 0. The first-order chi connectivity index (χ1) is 7.20. The van der Waals surface area contributed by atoms with E-state index in [1.807, 2.05) is 0 Å². The van der Waals surface area contributed by atoms with Crippen LogP contribution in [0.3, 0.4) is 0 Å². The lowest BCUT2D eigenvalue weighted by atomic mass is 10.0. The van der Waals surface area contributed by atoms with Crippen molar-refractivity contribution in [2.45, 2.75) is 66.2 Å². The Bertz CT molecular complexity index is 109. The minimum atomic E-state index is 0.869. The van der Waals surface area contributed by atoms with E-state index in [9.17, 15) is 0 Å². The first-order valence-corrected chi connectivity index (χ1v) is 6.78. The molecule has 0 aromatic carbocycles. The van der Waals surface area contributed by atoms with E-state index in [0.29, 0.717) is 0 Å². The van der Waals surface area contributed by atoms with Crippen LogP contribution in [-0.4, -0.2) is 13.2 Å². The van der Waals surface area contributed by atoms with Crippen LogP contribution in [0.25, 0.3) is 0 Å². The van der Waals surface area contributed by atoms with Crippen molar-refractivity contribution in [3.8, 4) is 0 Å². The Morgan fingerprint density at radius 1 is 0.800 bits per heavy atom. The monoisotopic (exact) mass is 214 g/mol. The second-order valence-corrected chi connectivity index (χ2v) is 4.92. The van der Waals surface area contributed by atoms with E-state index in [-0.39, 0.29) is 0 Å². The van der Waals surface area contributed by atoms with E-state index < -0.39 is 0 Å². The fourth-order valence-electron chi connectivity index (χ4n) is 1.58. The van der Waals surface area contributed by atoms with Crippen LogP contribution in [-0.2, 0) is 4.74 Å². The molecule has 0 fully saturated rings. The van der Waals surface area contributed by atoms with Crippen molar-refractivity contribution in [1.82, 2.24) is 0 Å². The van der Waals surface area contributed by atoms with Crippen LogP contribution in [0.1, 0.15) is 66.2 Å². The van der Waals surface area contributed by atoms with Crippen molar-refractivity contribution in [1.29, 1.82) is 0 Å². The number of hydrogen-bond donors (Lipinski definition) is 0. The van der Waals surface area contributed by atoms with Crippen molar-refractivity contribution in [3.63, 3.8) is 0 Å². The van der Waals surface area contributed by atoms with Gasteiger partial charge in [-0.3, -0.25) is 0 Å². The molecule has 15 heavy (non-hydrogen) atoms. The average Bonchev–Trinajstić information content (AvgIpc) is 2.26. The summed E-state index contributed by atoms with van der Waals surface area (Å²) in [6.07, 6.45) is 7.71. The fraction of sp³-hybridized carbons (Fsp3) is 1.00. The van der Waals surface area contributed by atoms with E-state index >= 15 is 0 Å². The summed E-state index contributed by atoms with van der Waals surface area (Å²) < 4.78 is 5.62. The van der Waals surface area contributed by atoms with Crippen LogP contribution in [0.5, 0.6) is 0 Å². The third-order valence-corrected chi connectivity index (χ3v) is 3.37. The summed E-state index contributed by atoms with van der Waals surface area (Å²) in [5.41, 5.74) is 0. The van der Waals surface area contributed by atoms with Crippen molar-refractivity contribution in [3.05, 3.63) is 0 Å². The van der Waals surface area contributed by atoms with Gasteiger partial charge in [0, 0.05) is 13.2 Å². The average molecular weight is 214 g/mol. The van der Waals surface area contributed by atoms with Gasteiger partial charge >= 0.3 is 0 Å². The smallest absolute Gasteiger partial charge is 0.0466 e. The van der Waals surface area contributed by atoms with Crippen LogP contribution < -0.4 is 0 Å². The molecular weight excluding hydrogens is 184 g/mol. The molecule has 1 heteroatoms. The lowest BCUT2D eigenvalue weighted by Crippen LogP contribution is -2.02. The SMILES string of the molecule is CCC(C)CCCOCCCC(C)CC. The molecule has 0 N–H and O–H groups in total. The minimum Gasteiger partial charge on any atom is -0.381 e. The van der Waals surface area contributed by atoms with Crippen molar-refractivity contribution < 1.29 is 4.74 Å². The molecule has 0 radical (unpaired) electrons. The summed E-state index contributed by atoms with van der Waals surface area (Å²) in [6.45, 7) is 11.1. The van der Waals surface area contributed by atoms with Gasteiger partial charge in [0.2, 0.25) is 0 Å². The van der Waals surface area contributed by atoms with Gasteiger partial charge in [-0.25, -0.2) is 0 Å². The highest BCUT2D eigenvalue weighted by Crippen LogP contribution is 2.10. The highest BCUT2D eigenvalue weighted by atomic mass is 16.5. The fourth-order valence-corrected chi connectivity index (χ4v) is 1.58. The molecule has 0 aliphatic carbocycles. The standard InChI is InChI=1S/C14H30O/c1-5-13(3)9-7-11-15-12-8-10-14(4)6-2/h13-14H,5-12H2,1-4H3. The maximum Gasteiger partial charge on any atom is 0.0466 e. The van der Waals surface area contributed by atoms with E-state index in [4.69, 9.17) is 4.74 Å². The lowest BCUT2D eigenvalue weighted by Gasteiger charge is -2.10. The molecule has 1 nitrogen and oxygen atoms in total. The van der Waals surface area contributed by atoms with Crippen LogP contribution in [0.4, 0.5) is 0 Å². The highest BCUT2D eigenvalue weighted by molar-refractivity contribution is 4.51. The van der Waals surface area contributed by atoms with Gasteiger partial charge in [-0.1, -0.05) is 40.5 Å². The quantitative estimate of drug-likeness (QED) is 0.481. The molecule has 0 rings (SSSR count). The summed E-state index contributed by atoms with van der Waals surface area (Å²) in [4.78, 5) is 0. The predicted molar refractivity (Wildman–Crippen MR) is 68.2 cm³/mol. The third kappa shape index (κ3) is 10.2. The molecule has 0 bridgehead atoms. The zero-order valence-corrected chi connectivity index (χ0v) is 11.2. The first kappa shape index (κ1) is 15.0. The van der Waals surface area contributed by atoms with E-state index in [1.54, 1.807) is 0 Å². The Kier molecular flexibility index (Phi) is 10.4. The Morgan fingerprint density at radius 2 is 1.20 bits per heavy atom. The molecule has 2 unspecified atom stereocenters. The number of hydrogen-bond acceptors (Lipinski definition) is 1. The Labute approximate surface area is 96.6 Å². The first-order valence-electron chi connectivity index (χ1n) is 6.78. The van der Waals surface area contributed by atoms with Crippen LogP contribution in [0.15, 0.2) is 0 Å². The molecule has 92 valence electrons. The van der Waals surface area contributed by atoms with E-state index in [2.05, 4.69) is 27.7 Å². The van der Waals surface area contributed by atoms with Crippen LogP contribution in [0, 0.1) is 11.8 Å². The van der Waals surface area contributed by atoms with Gasteiger partial charge in [-0.15, -0.1) is 0 Å². The van der Waals surface area contributed by atoms with Gasteiger partial charge < -0.3 is 4.74 Å². The molecule has 0 amide bonds. The van der Waals surface area contributed by atoms with Gasteiger partial charge in [0.25, 0.3) is 0 Å². The van der Waals surface area contributed by atoms with E-state index in [1.165, 1.54) is 38.5 Å². The number of rotatable bonds is 10. The topological polar surface area (TPSA) is 9.23 Å². The molecule has 0 aliphatic rings. The summed E-state index contributed by atoms with van der Waals surface area (Å²) >= 11 is 0. The van der Waals surface area contributed by atoms with Crippen molar-refractivity contribution >= 4 is 0 Å². The number of ether oxygens (including phenoxy) is 1. The molecule has 0 spiro atoms. The summed E-state index contributed by atoms with van der Waals surface area (Å²) in [5.74, 6) is 1.74. The molecule has 0 saturated heterocycles. The summed E-state index contributed by atoms with van der Waals surface area (Å²) in [6, 6.07) is 0. The van der Waals surface area contributed by atoms with Crippen LogP contribution >= 0.6 is 0 Å². The van der Waals surface area contributed by atoms with Crippen molar-refractivity contribution in [2.24, 2.45) is 11.8 Å². The zero-order chi connectivity index (χ0) is 11.5. The normalized spacial score (nSPS) is 15.2. The highest BCUT2D eigenvalue weighted by Gasteiger charge is 1.99. The second-order valence-electron chi connectivity index (χ2n) is 4.92. The Morgan fingerprint density at radius 3 is 1.53 bits per heavy atom. The Balaban J connectivity index is 3.05. The molecule has 0 aromatic heterocycles. The molecule has 0 aromatic rings. The second kappa shape index (κ2) is 10.5. The molecule has 2 atom stereocenters. The predicted octanol–water partition coefficient (Wildman–Crippen LogP) is 4.66. The third-order valence-electron chi connectivity index (χ3n) is 3.37.